The van der Waals surface area contributed by atoms with E-state index >= 15 is 0 Å². The SMILES string of the molecule is O=C(Cc1cccc(OCc2ccccc2Cl)c1)NC1CCCNC1. The fourth-order valence-electron chi connectivity index (χ4n) is 2.96. The summed E-state index contributed by atoms with van der Waals surface area (Å²) in [7, 11) is 0. The zero-order valence-corrected chi connectivity index (χ0v) is 14.9. The number of rotatable bonds is 6. The van der Waals surface area contributed by atoms with Crippen LogP contribution >= 0.6 is 11.6 Å². The van der Waals surface area contributed by atoms with E-state index in [1.165, 1.54) is 0 Å². The second-order valence-electron chi connectivity index (χ2n) is 6.32. The van der Waals surface area contributed by atoms with Crippen LogP contribution in [0.3, 0.4) is 0 Å². The summed E-state index contributed by atoms with van der Waals surface area (Å²) in [5.41, 5.74) is 1.88. The molecule has 1 fully saturated rings. The molecule has 0 aliphatic carbocycles. The van der Waals surface area contributed by atoms with Crippen LogP contribution in [0.4, 0.5) is 0 Å². The van der Waals surface area contributed by atoms with Gasteiger partial charge in [0, 0.05) is 23.2 Å². The fourth-order valence-corrected chi connectivity index (χ4v) is 3.15. The highest BCUT2D eigenvalue weighted by Crippen LogP contribution is 2.19. The number of nitrogens with one attached hydrogen (secondary N) is 2. The Morgan fingerprint density at radius 1 is 1.24 bits per heavy atom. The highest BCUT2D eigenvalue weighted by Gasteiger charge is 2.15. The van der Waals surface area contributed by atoms with E-state index in [2.05, 4.69) is 10.6 Å². The number of benzene rings is 2. The minimum atomic E-state index is 0.0527. The second kappa shape index (κ2) is 8.88. The molecule has 0 bridgehead atoms. The van der Waals surface area contributed by atoms with Crippen molar-refractivity contribution in [2.75, 3.05) is 13.1 Å². The van der Waals surface area contributed by atoms with Crippen molar-refractivity contribution in [3.8, 4) is 5.75 Å². The summed E-state index contributed by atoms with van der Waals surface area (Å²) in [4.78, 5) is 12.2. The minimum Gasteiger partial charge on any atom is -0.489 e. The number of halogens is 1. The van der Waals surface area contributed by atoms with Gasteiger partial charge in [0.05, 0.1) is 6.42 Å². The van der Waals surface area contributed by atoms with Gasteiger partial charge >= 0.3 is 0 Å². The van der Waals surface area contributed by atoms with E-state index in [9.17, 15) is 4.79 Å². The van der Waals surface area contributed by atoms with E-state index in [0.717, 1.165) is 42.8 Å². The third kappa shape index (κ3) is 5.48. The lowest BCUT2D eigenvalue weighted by Crippen LogP contribution is -2.46. The first-order chi connectivity index (χ1) is 12.2. The molecule has 1 amide bonds. The third-order valence-corrected chi connectivity index (χ3v) is 4.65. The first-order valence-electron chi connectivity index (χ1n) is 8.66. The average molecular weight is 359 g/mol. The first-order valence-corrected chi connectivity index (χ1v) is 9.04. The normalized spacial score (nSPS) is 17.1. The van der Waals surface area contributed by atoms with Gasteiger partial charge in [-0.1, -0.05) is 41.9 Å². The van der Waals surface area contributed by atoms with Crippen LogP contribution in [-0.4, -0.2) is 25.0 Å². The van der Waals surface area contributed by atoms with Gasteiger partial charge < -0.3 is 15.4 Å². The maximum Gasteiger partial charge on any atom is 0.224 e. The predicted molar refractivity (Wildman–Crippen MR) is 100.0 cm³/mol. The van der Waals surface area contributed by atoms with Crippen LogP contribution in [-0.2, 0) is 17.8 Å². The smallest absolute Gasteiger partial charge is 0.224 e. The zero-order chi connectivity index (χ0) is 17.5. The Morgan fingerprint density at radius 2 is 2.12 bits per heavy atom. The molecular formula is C20H23ClN2O2. The van der Waals surface area contributed by atoms with E-state index in [1.807, 2.05) is 48.5 Å². The predicted octanol–water partition coefficient (Wildman–Crippen LogP) is 3.33. The topological polar surface area (TPSA) is 50.4 Å². The number of amides is 1. The van der Waals surface area contributed by atoms with Crippen LogP contribution in [0.1, 0.15) is 24.0 Å². The average Bonchev–Trinajstić information content (AvgIpc) is 2.62. The van der Waals surface area contributed by atoms with Gasteiger partial charge in [0.2, 0.25) is 5.91 Å². The number of piperidine rings is 1. The maximum absolute atomic E-state index is 12.2. The number of carbonyl (C=O) groups is 1. The van der Waals surface area contributed by atoms with Crippen molar-refractivity contribution in [2.24, 2.45) is 0 Å². The van der Waals surface area contributed by atoms with Crippen LogP contribution in [0.15, 0.2) is 48.5 Å². The van der Waals surface area contributed by atoms with Crippen LogP contribution in [0.5, 0.6) is 5.75 Å². The van der Waals surface area contributed by atoms with E-state index in [0.29, 0.717) is 18.1 Å². The lowest BCUT2D eigenvalue weighted by molar-refractivity contribution is -0.121. The summed E-state index contributed by atoms with van der Waals surface area (Å²) in [5.74, 6) is 0.793. The van der Waals surface area contributed by atoms with Gasteiger partial charge in [-0.2, -0.15) is 0 Å². The van der Waals surface area contributed by atoms with Gasteiger partial charge in [0.25, 0.3) is 0 Å². The van der Waals surface area contributed by atoms with Crippen LogP contribution < -0.4 is 15.4 Å². The molecule has 0 spiro atoms. The van der Waals surface area contributed by atoms with E-state index in [4.69, 9.17) is 16.3 Å². The molecule has 1 unspecified atom stereocenters. The molecule has 2 aromatic rings. The van der Waals surface area contributed by atoms with Crippen molar-refractivity contribution in [3.63, 3.8) is 0 Å². The van der Waals surface area contributed by atoms with Gasteiger partial charge in [-0.3, -0.25) is 4.79 Å². The molecule has 0 aromatic heterocycles. The summed E-state index contributed by atoms with van der Waals surface area (Å²) in [6.07, 6.45) is 2.51. The number of hydrogen-bond acceptors (Lipinski definition) is 3. The lowest BCUT2D eigenvalue weighted by atomic mass is 10.1. The standard InChI is InChI=1S/C20H23ClN2O2/c21-19-9-2-1-6-16(19)14-25-18-8-3-5-15(11-18)12-20(24)23-17-7-4-10-22-13-17/h1-3,5-6,8-9,11,17,22H,4,7,10,12-14H2,(H,23,24). The number of carbonyl (C=O) groups excluding carboxylic acids is 1. The van der Waals surface area contributed by atoms with Crippen LogP contribution in [0, 0.1) is 0 Å². The molecule has 1 atom stereocenters. The Morgan fingerprint density at radius 3 is 2.92 bits per heavy atom. The summed E-state index contributed by atoms with van der Waals surface area (Å²) >= 11 is 6.15. The number of hydrogen-bond donors (Lipinski definition) is 2. The van der Waals surface area contributed by atoms with Crippen molar-refractivity contribution < 1.29 is 9.53 Å². The summed E-state index contributed by atoms with van der Waals surface area (Å²) in [5, 5.41) is 7.09. The highest BCUT2D eigenvalue weighted by molar-refractivity contribution is 6.31. The Bertz CT molecular complexity index is 714. The van der Waals surface area contributed by atoms with Crippen LogP contribution in [0.2, 0.25) is 5.02 Å². The largest absolute Gasteiger partial charge is 0.489 e. The second-order valence-corrected chi connectivity index (χ2v) is 6.72. The molecule has 1 heterocycles. The molecule has 0 radical (unpaired) electrons. The summed E-state index contributed by atoms with van der Waals surface area (Å²) < 4.78 is 5.82. The zero-order valence-electron chi connectivity index (χ0n) is 14.1. The van der Waals surface area contributed by atoms with Crippen molar-refractivity contribution in [1.29, 1.82) is 0 Å². The molecule has 5 heteroatoms. The Labute approximate surface area is 153 Å². The Kier molecular flexibility index (Phi) is 6.31. The van der Waals surface area contributed by atoms with Gasteiger partial charge in [-0.25, -0.2) is 0 Å². The van der Waals surface area contributed by atoms with Crippen molar-refractivity contribution in [3.05, 3.63) is 64.7 Å². The van der Waals surface area contributed by atoms with Gasteiger partial charge in [-0.15, -0.1) is 0 Å². The van der Waals surface area contributed by atoms with E-state index in [1.54, 1.807) is 0 Å². The Hall–Kier alpha value is -2.04. The molecule has 132 valence electrons. The first kappa shape index (κ1) is 17.8. The summed E-state index contributed by atoms with van der Waals surface area (Å²) in [6, 6.07) is 15.5. The summed E-state index contributed by atoms with van der Waals surface area (Å²) in [6.45, 7) is 2.30. The monoisotopic (exact) mass is 358 g/mol. The lowest BCUT2D eigenvalue weighted by Gasteiger charge is -2.23. The molecule has 3 rings (SSSR count). The molecular weight excluding hydrogens is 336 g/mol. The molecule has 1 aliphatic heterocycles. The number of ether oxygens (including phenoxy) is 1. The maximum atomic E-state index is 12.2. The molecule has 0 saturated carbocycles. The van der Waals surface area contributed by atoms with Gasteiger partial charge in [0.1, 0.15) is 12.4 Å². The third-order valence-electron chi connectivity index (χ3n) is 4.28. The molecule has 1 aliphatic rings. The van der Waals surface area contributed by atoms with Crippen LogP contribution in [0.25, 0.3) is 0 Å². The molecule has 2 N–H and O–H groups in total. The highest BCUT2D eigenvalue weighted by atomic mass is 35.5. The van der Waals surface area contributed by atoms with Gasteiger partial charge in [0.15, 0.2) is 0 Å². The van der Waals surface area contributed by atoms with E-state index in [-0.39, 0.29) is 11.9 Å². The van der Waals surface area contributed by atoms with E-state index < -0.39 is 0 Å². The Balaban J connectivity index is 1.54. The molecule has 4 nitrogen and oxygen atoms in total. The fraction of sp³-hybridized carbons (Fsp3) is 0.350. The van der Waals surface area contributed by atoms with Crippen molar-refractivity contribution in [1.82, 2.24) is 10.6 Å². The molecule has 2 aromatic carbocycles. The minimum absolute atomic E-state index is 0.0527. The van der Waals surface area contributed by atoms with Gasteiger partial charge in [-0.05, 0) is 43.1 Å². The van der Waals surface area contributed by atoms with Crippen molar-refractivity contribution in [2.45, 2.75) is 31.9 Å². The quantitative estimate of drug-likeness (QED) is 0.832. The molecule has 25 heavy (non-hydrogen) atoms. The van der Waals surface area contributed by atoms with Crippen molar-refractivity contribution >= 4 is 17.5 Å². The molecule has 1 saturated heterocycles.